The standard InChI is InChI=1S/C23H19BrN4O4S/c1-15(29)26-17-9-11-19(12-10-17)33(31,32)25-14-22-27-21-8-3-2-7-20(21)23(30)28(22)18-6-4-5-16(24)13-18/h2-13,25H,14H2,1H3,(H,26,29). The van der Waals surface area contributed by atoms with E-state index in [-0.39, 0.29) is 28.7 Å². The lowest BCUT2D eigenvalue weighted by Crippen LogP contribution is -2.30. The molecule has 4 aromatic rings. The Morgan fingerprint density at radius 3 is 2.45 bits per heavy atom. The highest BCUT2D eigenvalue weighted by atomic mass is 79.9. The van der Waals surface area contributed by atoms with Gasteiger partial charge in [-0.1, -0.05) is 34.1 Å². The van der Waals surface area contributed by atoms with Gasteiger partial charge in [0.25, 0.3) is 5.56 Å². The number of nitrogens with zero attached hydrogens (tertiary/aromatic N) is 2. The van der Waals surface area contributed by atoms with Gasteiger partial charge in [-0.15, -0.1) is 0 Å². The largest absolute Gasteiger partial charge is 0.326 e. The van der Waals surface area contributed by atoms with E-state index < -0.39 is 10.0 Å². The number of sulfonamides is 1. The number of halogens is 1. The summed E-state index contributed by atoms with van der Waals surface area (Å²) in [5.41, 5.74) is 1.22. The van der Waals surface area contributed by atoms with Crippen LogP contribution in [0, 0.1) is 0 Å². The van der Waals surface area contributed by atoms with Gasteiger partial charge in [0.15, 0.2) is 0 Å². The van der Waals surface area contributed by atoms with Crippen molar-refractivity contribution in [1.29, 1.82) is 0 Å². The molecular weight excluding hydrogens is 508 g/mol. The molecule has 8 nitrogen and oxygen atoms in total. The van der Waals surface area contributed by atoms with Gasteiger partial charge >= 0.3 is 0 Å². The van der Waals surface area contributed by atoms with E-state index in [1.54, 1.807) is 42.5 Å². The van der Waals surface area contributed by atoms with Gasteiger partial charge in [0, 0.05) is 17.1 Å². The van der Waals surface area contributed by atoms with E-state index in [1.165, 1.54) is 35.8 Å². The Morgan fingerprint density at radius 1 is 1.03 bits per heavy atom. The van der Waals surface area contributed by atoms with Gasteiger partial charge in [-0.3, -0.25) is 14.2 Å². The molecule has 0 fully saturated rings. The number of amides is 1. The molecule has 0 unspecified atom stereocenters. The summed E-state index contributed by atoms with van der Waals surface area (Å²) in [7, 11) is -3.90. The highest BCUT2D eigenvalue weighted by molar-refractivity contribution is 9.10. The number of nitrogens with one attached hydrogen (secondary N) is 2. The fourth-order valence-corrected chi connectivity index (χ4v) is 4.71. The highest BCUT2D eigenvalue weighted by Gasteiger charge is 2.18. The predicted octanol–water partition coefficient (Wildman–Crippen LogP) is 3.59. The summed E-state index contributed by atoms with van der Waals surface area (Å²) in [5.74, 6) is -0.00753. The number of rotatable bonds is 6. The number of hydrogen-bond donors (Lipinski definition) is 2. The number of carbonyl (C=O) groups is 1. The second-order valence-electron chi connectivity index (χ2n) is 7.20. The van der Waals surface area contributed by atoms with Crippen molar-refractivity contribution in [1.82, 2.24) is 14.3 Å². The molecule has 168 valence electrons. The van der Waals surface area contributed by atoms with Gasteiger partial charge < -0.3 is 5.32 Å². The third-order valence-corrected chi connectivity index (χ3v) is 6.73. The van der Waals surface area contributed by atoms with Gasteiger partial charge in [-0.05, 0) is 54.6 Å². The van der Waals surface area contributed by atoms with Gasteiger partial charge in [-0.25, -0.2) is 18.1 Å². The molecule has 0 saturated heterocycles. The van der Waals surface area contributed by atoms with Crippen LogP contribution < -0.4 is 15.6 Å². The third kappa shape index (κ3) is 5.03. The Labute approximate surface area is 198 Å². The summed E-state index contributed by atoms with van der Waals surface area (Å²) >= 11 is 3.41. The Kier molecular flexibility index (Phi) is 6.41. The summed E-state index contributed by atoms with van der Waals surface area (Å²) in [6.45, 7) is 1.16. The average Bonchev–Trinajstić information content (AvgIpc) is 2.78. The van der Waals surface area contributed by atoms with Crippen LogP contribution in [0.5, 0.6) is 0 Å². The van der Waals surface area contributed by atoms with E-state index in [0.717, 1.165) is 4.47 Å². The summed E-state index contributed by atoms with van der Waals surface area (Å²) in [5, 5.41) is 3.02. The van der Waals surface area contributed by atoms with Gasteiger partial charge in [0.2, 0.25) is 15.9 Å². The third-order valence-electron chi connectivity index (χ3n) is 4.82. The lowest BCUT2D eigenvalue weighted by molar-refractivity contribution is -0.114. The van der Waals surface area contributed by atoms with Crippen LogP contribution in [0.1, 0.15) is 12.7 Å². The van der Waals surface area contributed by atoms with Crippen LogP contribution in [-0.4, -0.2) is 23.9 Å². The first-order chi connectivity index (χ1) is 15.7. The van der Waals surface area contributed by atoms with E-state index in [0.29, 0.717) is 22.3 Å². The molecule has 0 atom stereocenters. The van der Waals surface area contributed by atoms with Crippen LogP contribution in [0.25, 0.3) is 16.6 Å². The van der Waals surface area contributed by atoms with Crippen LogP contribution >= 0.6 is 15.9 Å². The molecule has 1 heterocycles. The van der Waals surface area contributed by atoms with Gasteiger partial charge in [0.05, 0.1) is 28.0 Å². The molecular formula is C23H19BrN4O4S. The Hall–Kier alpha value is -3.34. The molecule has 10 heteroatoms. The number of benzene rings is 3. The number of carbonyl (C=O) groups excluding carboxylic acids is 1. The van der Waals surface area contributed by atoms with Crippen molar-refractivity contribution in [3.63, 3.8) is 0 Å². The fraction of sp³-hybridized carbons (Fsp3) is 0.0870. The van der Waals surface area contributed by atoms with E-state index in [2.05, 4.69) is 31.0 Å². The summed E-state index contributed by atoms with van der Waals surface area (Å²) in [6.07, 6.45) is 0. The van der Waals surface area contributed by atoms with Crippen molar-refractivity contribution in [3.8, 4) is 5.69 Å². The van der Waals surface area contributed by atoms with Crippen molar-refractivity contribution in [3.05, 3.63) is 93.4 Å². The fourth-order valence-electron chi connectivity index (χ4n) is 3.34. The second kappa shape index (κ2) is 9.26. The summed E-state index contributed by atoms with van der Waals surface area (Å²) < 4.78 is 30.4. The first kappa shape index (κ1) is 22.8. The summed E-state index contributed by atoms with van der Waals surface area (Å²) in [6, 6.07) is 19.8. The van der Waals surface area contributed by atoms with Crippen molar-refractivity contribution in [2.45, 2.75) is 18.4 Å². The van der Waals surface area contributed by atoms with E-state index in [9.17, 15) is 18.0 Å². The number of hydrogen-bond acceptors (Lipinski definition) is 5. The Bertz CT molecular complexity index is 1520. The molecule has 2 N–H and O–H groups in total. The molecule has 0 aliphatic carbocycles. The first-order valence-corrected chi connectivity index (χ1v) is 12.2. The minimum absolute atomic E-state index is 0.0220. The smallest absolute Gasteiger partial charge is 0.266 e. The SMILES string of the molecule is CC(=O)Nc1ccc(S(=O)(=O)NCc2nc3ccccc3c(=O)n2-c2cccc(Br)c2)cc1. The average molecular weight is 527 g/mol. The maximum absolute atomic E-state index is 13.3. The number of para-hydroxylation sites is 1. The molecule has 33 heavy (non-hydrogen) atoms. The van der Waals surface area contributed by atoms with Crippen LogP contribution in [0.2, 0.25) is 0 Å². The minimum Gasteiger partial charge on any atom is -0.326 e. The molecule has 3 aromatic carbocycles. The monoisotopic (exact) mass is 526 g/mol. The van der Waals surface area contributed by atoms with E-state index in [4.69, 9.17) is 0 Å². The van der Waals surface area contributed by atoms with Crippen molar-refractivity contribution >= 4 is 48.5 Å². The van der Waals surface area contributed by atoms with Gasteiger partial charge in [-0.2, -0.15) is 0 Å². The lowest BCUT2D eigenvalue weighted by Gasteiger charge is -2.15. The zero-order valence-electron chi connectivity index (χ0n) is 17.4. The highest BCUT2D eigenvalue weighted by Crippen LogP contribution is 2.18. The molecule has 0 aliphatic heterocycles. The Balaban J connectivity index is 1.71. The number of fused-ring (bicyclic) bond motifs is 1. The maximum Gasteiger partial charge on any atom is 0.266 e. The molecule has 0 bridgehead atoms. The van der Waals surface area contributed by atoms with Crippen molar-refractivity contribution in [2.24, 2.45) is 0 Å². The zero-order valence-corrected chi connectivity index (χ0v) is 19.9. The molecule has 1 aromatic heterocycles. The molecule has 0 saturated carbocycles. The minimum atomic E-state index is -3.90. The number of anilines is 1. The molecule has 4 rings (SSSR count). The molecule has 0 aliphatic rings. The maximum atomic E-state index is 13.3. The molecule has 0 spiro atoms. The summed E-state index contributed by atoms with van der Waals surface area (Å²) in [4.78, 5) is 29.0. The second-order valence-corrected chi connectivity index (χ2v) is 9.88. The van der Waals surface area contributed by atoms with E-state index >= 15 is 0 Å². The van der Waals surface area contributed by atoms with E-state index in [1.807, 2.05) is 6.07 Å². The number of aromatic nitrogens is 2. The van der Waals surface area contributed by atoms with Gasteiger partial charge in [0.1, 0.15) is 5.82 Å². The lowest BCUT2D eigenvalue weighted by atomic mass is 10.2. The Morgan fingerprint density at radius 2 is 1.76 bits per heavy atom. The zero-order chi connectivity index (χ0) is 23.6. The molecule has 0 radical (unpaired) electrons. The van der Waals surface area contributed by atoms with Crippen molar-refractivity contribution < 1.29 is 13.2 Å². The van der Waals surface area contributed by atoms with Crippen molar-refractivity contribution in [2.75, 3.05) is 5.32 Å². The normalized spacial score (nSPS) is 11.5. The predicted molar refractivity (Wildman–Crippen MR) is 130 cm³/mol. The van der Waals surface area contributed by atoms with Crippen LogP contribution in [0.4, 0.5) is 5.69 Å². The molecule has 1 amide bonds. The quantitative estimate of drug-likeness (QED) is 0.399. The van der Waals surface area contributed by atoms with Crippen LogP contribution in [0.15, 0.2) is 87.0 Å². The van der Waals surface area contributed by atoms with Crippen LogP contribution in [-0.2, 0) is 21.4 Å². The first-order valence-electron chi connectivity index (χ1n) is 9.88. The van der Waals surface area contributed by atoms with Crippen LogP contribution in [0.3, 0.4) is 0 Å². The topological polar surface area (TPSA) is 110 Å².